The number of carboxylic acid groups (broad SMARTS) is 1. The molecule has 1 aliphatic rings. The summed E-state index contributed by atoms with van der Waals surface area (Å²) >= 11 is 2.10. The van der Waals surface area contributed by atoms with Crippen molar-refractivity contribution >= 4 is 34.5 Å². The van der Waals surface area contributed by atoms with Crippen LogP contribution in [0.2, 0.25) is 0 Å². The Morgan fingerprint density at radius 1 is 1.18 bits per heavy atom. The zero-order valence-corrected chi connectivity index (χ0v) is 13.8. The van der Waals surface area contributed by atoms with Crippen LogP contribution in [-0.2, 0) is 6.54 Å². The maximum Gasteiger partial charge on any atom is 0.427 e. The van der Waals surface area contributed by atoms with E-state index in [0.717, 1.165) is 16.7 Å². The first-order chi connectivity index (χ1) is 10.7. The second-order valence-electron chi connectivity index (χ2n) is 4.84. The van der Waals surface area contributed by atoms with E-state index in [9.17, 15) is 9.90 Å². The quantitative estimate of drug-likeness (QED) is 0.455. The van der Waals surface area contributed by atoms with Crippen molar-refractivity contribution in [2.24, 2.45) is 4.99 Å². The Kier molecular flexibility index (Phi) is 4.28. The second kappa shape index (κ2) is 6.35. The molecule has 0 aliphatic carbocycles. The van der Waals surface area contributed by atoms with Gasteiger partial charge >= 0.3 is 6.09 Å². The van der Waals surface area contributed by atoms with Gasteiger partial charge < -0.3 is 5.11 Å². The molecule has 0 saturated carbocycles. The van der Waals surface area contributed by atoms with E-state index in [-0.39, 0.29) is 4.05 Å². The van der Waals surface area contributed by atoms with E-state index in [0.29, 0.717) is 12.4 Å². The van der Waals surface area contributed by atoms with Crippen molar-refractivity contribution in [3.05, 3.63) is 71.3 Å². The molecule has 0 spiro atoms. The molecule has 6 heteroatoms. The number of alkyl halides is 1. The number of aliphatic imine (C=N–C) groups is 1. The summed E-state index contributed by atoms with van der Waals surface area (Å²) in [6.07, 6.45) is -1.03. The van der Waals surface area contributed by atoms with Crippen LogP contribution in [0.4, 0.5) is 4.79 Å². The third-order valence-corrected chi connectivity index (χ3v) is 4.62. The molecule has 2 N–H and O–H groups in total. The van der Waals surface area contributed by atoms with Crippen LogP contribution in [-0.4, -0.2) is 22.0 Å². The van der Waals surface area contributed by atoms with Crippen molar-refractivity contribution in [1.82, 2.24) is 10.4 Å². The molecule has 0 bridgehead atoms. The molecule has 2 aromatic carbocycles. The van der Waals surface area contributed by atoms with Crippen molar-refractivity contribution in [1.29, 1.82) is 0 Å². The van der Waals surface area contributed by atoms with Crippen molar-refractivity contribution in [2.75, 3.05) is 0 Å². The molecule has 1 atom stereocenters. The number of amides is 1. The first-order valence-corrected chi connectivity index (χ1v) is 8.02. The fraction of sp³-hybridized carbons (Fsp3) is 0.125. The van der Waals surface area contributed by atoms with Crippen LogP contribution in [0.25, 0.3) is 0 Å². The van der Waals surface area contributed by atoms with Gasteiger partial charge in [0.15, 0.2) is 0 Å². The lowest BCUT2D eigenvalue weighted by molar-refractivity contribution is 0.129. The average molecular weight is 407 g/mol. The molecule has 0 aromatic heterocycles. The average Bonchev–Trinajstić information content (AvgIpc) is 2.55. The number of halogens is 1. The van der Waals surface area contributed by atoms with Crippen molar-refractivity contribution in [3.8, 4) is 0 Å². The van der Waals surface area contributed by atoms with E-state index < -0.39 is 6.09 Å². The first kappa shape index (κ1) is 14.8. The van der Waals surface area contributed by atoms with Crippen LogP contribution >= 0.6 is 22.6 Å². The van der Waals surface area contributed by atoms with E-state index in [1.54, 1.807) is 0 Å². The van der Waals surface area contributed by atoms with E-state index in [1.807, 2.05) is 54.6 Å². The maximum absolute atomic E-state index is 11.4. The molecule has 0 fully saturated rings. The van der Waals surface area contributed by atoms with Gasteiger partial charge in [0, 0.05) is 5.56 Å². The zero-order chi connectivity index (χ0) is 15.5. The molecule has 22 heavy (non-hydrogen) atoms. The van der Waals surface area contributed by atoms with Crippen LogP contribution < -0.4 is 5.43 Å². The topological polar surface area (TPSA) is 64.9 Å². The van der Waals surface area contributed by atoms with Gasteiger partial charge in [0.25, 0.3) is 0 Å². The Hall–Kier alpha value is -2.09. The highest BCUT2D eigenvalue weighted by Crippen LogP contribution is 2.32. The van der Waals surface area contributed by atoms with Gasteiger partial charge in [-0.3, -0.25) is 10.4 Å². The fourth-order valence-electron chi connectivity index (χ4n) is 2.31. The van der Waals surface area contributed by atoms with Crippen molar-refractivity contribution in [3.63, 3.8) is 0 Å². The number of fused-ring (bicyclic) bond motifs is 1. The van der Waals surface area contributed by atoms with Crippen molar-refractivity contribution < 1.29 is 9.90 Å². The number of hydrogen-bond acceptors (Lipinski definition) is 2. The minimum absolute atomic E-state index is 0.290. The molecule has 5 nitrogen and oxygen atoms in total. The Bertz CT molecular complexity index is 718. The minimum atomic E-state index is -1.03. The van der Waals surface area contributed by atoms with Crippen LogP contribution in [0.5, 0.6) is 0 Å². The highest BCUT2D eigenvalue weighted by Gasteiger charge is 2.31. The Labute approximate surface area is 141 Å². The van der Waals surface area contributed by atoms with Gasteiger partial charge in [0.2, 0.25) is 0 Å². The van der Waals surface area contributed by atoms with Crippen LogP contribution in [0.1, 0.15) is 20.7 Å². The molecular weight excluding hydrogens is 393 g/mol. The van der Waals surface area contributed by atoms with E-state index >= 15 is 0 Å². The summed E-state index contributed by atoms with van der Waals surface area (Å²) in [7, 11) is 0. The third kappa shape index (κ3) is 2.92. The Morgan fingerprint density at radius 3 is 2.59 bits per heavy atom. The first-order valence-electron chi connectivity index (χ1n) is 6.77. The third-order valence-electron chi connectivity index (χ3n) is 3.39. The number of hydrazine groups is 1. The van der Waals surface area contributed by atoms with Crippen LogP contribution in [0.3, 0.4) is 0 Å². The van der Waals surface area contributed by atoms with Gasteiger partial charge in [0.05, 0.1) is 6.54 Å². The molecule has 112 valence electrons. The molecule has 0 radical (unpaired) electrons. The predicted molar refractivity (Wildman–Crippen MR) is 92.9 cm³/mol. The predicted octanol–water partition coefficient (Wildman–Crippen LogP) is 3.57. The summed E-state index contributed by atoms with van der Waals surface area (Å²) in [6, 6.07) is 17.6. The minimum Gasteiger partial charge on any atom is -0.464 e. The molecule has 1 heterocycles. The Morgan fingerprint density at radius 2 is 1.86 bits per heavy atom. The molecule has 0 saturated heterocycles. The standard InChI is InChI=1S/C16H14IN3O2/c17-14-12-8-4-5-9-13(12)15(19-20(14)16(21)22)18-10-11-6-2-1-3-7-11/h1-9,14H,10H2,(H,18,19)(H,21,22). The maximum atomic E-state index is 11.4. The summed E-state index contributed by atoms with van der Waals surface area (Å²) in [5.74, 6) is 0.578. The van der Waals surface area contributed by atoms with Gasteiger partial charge in [-0.25, -0.2) is 9.80 Å². The normalized spacial score (nSPS) is 18.7. The molecule has 3 rings (SSSR count). The molecule has 1 aliphatic heterocycles. The molecule has 1 amide bonds. The smallest absolute Gasteiger partial charge is 0.427 e. The van der Waals surface area contributed by atoms with E-state index in [1.165, 1.54) is 5.01 Å². The van der Waals surface area contributed by atoms with Gasteiger partial charge in [-0.15, -0.1) is 0 Å². The number of hydrogen-bond donors (Lipinski definition) is 2. The highest BCUT2D eigenvalue weighted by atomic mass is 127. The van der Waals surface area contributed by atoms with Crippen LogP contribution in [0.15, 0.2) is 59.6 Å². The summed E-state index contributed by atoms with van der Waals surface area (Å²) in [5, 5.41) is 10.5. The number of amidine groups is 1. The lowest BCUT2D eigenvalue weighted by Crippen LogP contribution is -2.50. The molecule has 2 aromatic rings. The SMILES string of the molecule is O=C(O)N1NC(=NCc2ccccc2)c2ccccc2C1I. The number of benzene rings is 2. The largest absolute Gasteiger partial charge is 0.464 e. The van der Waals surface area contributed by atoms with Gasteiger partial charge in [0.1, 0.15) is 9.88 Å². The Balaban J connectivity index is 1.96. The monoisotopic (exact) mass is 407 g/mol. The lowest BCUT2D eigenvalue weighted by Gasteiger charge is -2.33. The summed E-state index contributed by atoms with van der Waals surface area (Å²) in [4.78, 5) is 16.0. The number of nitrogens with zero attached hydrogens (tertiary/aromatic N) is 2. The van der Waals surface area contributed by atoms with Crippen molar-refractivity contribution in [2.45, 2.75) is 10.6 Å². The van der Waals surface area contributed by atoms with E-state index in [2.05, 4.69) is 33.0 Å². The van der Waals surface area contributed by atoms with Gasteiger partial charge in [-0.2, -0.15) is 0 Å². The summed E-state index contributed by atoms with van der Waals surface area (Å²) < 4.78 is -0.290. The van der Waals surface area contributed by atoms with E-state index in [4.69, 9.17) is 0 Å². The van der Waals surface area contributed by atoms with Gasteiger partial charge in [-0.1, -0.05) is 77.2 Å². The number of nitrogens with one attached hydrogen (secondary N) is 1. The number of carbonyl (C=O) groups is 1. The molecule has 1 unspecified atom stereocenters. The highest BCUT2D eigenvalue weighted by molar-refractivity contribution is 14.1. The summed E-state index contributed by atoms with van der Waals surface area (Å²) in [6.45, 7) is 0.497. The second-order valence-corrected chi connectivity index (χ2v) is 6.02. The summed E-state index contributed by atoms with van der Waals surface area (Å²) in [5.41, 5.74) is 5.86. The fourth-order valence-corrected chi connectivity index (χ4v) is 3.23. The number of rotatable bonds is 2. The lowest BCUT2D eigenvalue weighted by atomic mass is 10.0. The van der Waals surface area contributed by atoms with Gasteiger partial charge in [-0.05, 0) is 11.1 Å². The zero-order valence-electron chi connectivity index (χ0n) is 11.6. The molecular formula is C16H14IN3O2. The van der Waals surface area contributed by atoms with Crippen LogP contribution in [0, 0.1) is 0 Å².